The minimum atomic E-state index is 0.203. The Morgan fingerprint density at radius 2 is 0.880 bits per heavy atom. The first-order chi connectivity index (χ1) is 23.0. The molecule has 0 bridgehead atoms. The van der Waals surface area contributed by atoms with E-state index in [-0.39, 0.29) is 21.7 Å². The summed E-state index contributed by atoms with van der Waals surface area (Å²) in [5, 5.41) is 5.48. The Bertz CT molecular complexity index is 1850. The zero-order chi connectivity index (χ0) is 37.2. The molecule has 50 heavy (non-hydrogen) atoms. The van der Waals surface area contributed by atoms with Crippen LogP contribution in [-0.4, -0.2) is 3.21 Å². The van der Waals surface area contributed by atoms with E-state index in [2.05, 4.69) is 200 Å². The van der Waals surface area contributed by atoms with Crippen molar-refractivity contribution in [1.82, 2.24) is 0 Å². The second-order valence-corrected chi connectivity index (χ2v) is 19.5. The van der Waals surface area contributed by atoms with E-state index in [0.29, 0.717) is 5.92 Å². The summed E-state index contributed by atoms with van der Waals surface area (Å²) >= 11 is 1.46. The Morgan fingerprint density at radius 1 is 0.540 bits per heavy atom. The van der Waals surface area contributed by atoms with Crippen molar-refractivity contribution < 1.29 is 24.2 Å². The third kappa shape index (κ3) is 10.3. The zero-order valence-electron chi connectivity index (χ0n) is 33.4. The number of hydrogen-bond acceptors (Lipinski definition) is 0. The van der Waals surface area contributed by atoms with Crippen LogP contribution in [0.1, 0.15) is 130 Å². The van der Waals surface area contributed by atoms with Crippen LogP contribution in [0.2, 0.25) is 0 Å². The van der Waals surface area contributed by atoms with E-state index in [4.69, 9.17) is 0 Å². The average Bonchev–Trinajstić information content (AvgIpc) is 3.60. The van der Waals surface area contributed by atoms with Crippen LogP contribution in [0.25, 0.3) is 21.5 Å². The predicted molar refractivity (Wildman–Crippen MR) is 219 cm³/mol. The second kappa shape index (κ2) is 15.3. The summed E-state index contributed by atoms with van der Waals surface area (Å²) in [7, 11) is 0. The molecule has 1 aliphatic rings. The Labute approximate surface area is 319 Å². The van der Waals surface area contributed by atoms with Crippen LogP contribution in [-0.2, 0) is 45.9 Å². The molecule has 1 heteroatoms. The van der Waals surface area contributed by atoms with Crippen molar-refractivity contribution >= 4 is 24.8 Å². The normalized spacial score (nSPS) is 15.0. The maximum Gasteiger partial charge on any atom is -0.0202 e. The third-order valence-electron chi connectivity index (χ3n) is 9.60. The summed E-state index contributed by atoms with van der Waals surface area (Å²) in [5.74, 6) is 0.556. The smallest absolute Gasteiger partial charge is 0.0202 e. The second-order valence-electron chi connectivity index (χ2n) is 18.3. The SMILES string of the molecule is CC(C)(C)c1ccc([C](=[Zr+2])c2ccc(C(C)(C)C)cc2)cc1.CC(C)(C)c1ccc2c(c1)[cH-]c1cc(C(C)(C)C)ccc12.CC1=CC(C)[C-]=C1. The predicted octanol–water partition coefficient (Wildman–Crippen LogP) is 13.6. The molecule has 1 aliphatic carbocycles. The van der Waals surface area contributed by atoms with Crippen LogP contribution in [0.15, 0.2) is 109 Å². The summed E-state index contributed by atoms with van der Waals surface area (Å²) in [6.07, 6.45) is 7.38. The first-order valence-corrected chi connectivity index (χ1v) is 19.5. The van der Waals surface area contributed by atoms with Gasteiger partial charge in [-0.15, -0.1) is 46.7 Å². The average molecular weight is 740 g/mol. The fraction of sp³-hybridized carbons (Fsp3) is 0.388. The van der Waals surface area contributed by atoms with Crippen LogP contribution >= 0.6 is 0 Å². The monoisotopic (exact) mass is 738 g/mol. The number of hydrogen-bond donors (Lipinski definition) is 0. The molecule has 1 atom stereocenters. The summed E-state index contributed by atoms with van der Waals surface area (Å²) in [5.41, 5.74) is 10.5. The third-order valence-corrected chi connectivity index (χ3v) is 11.0. The van der Waals surface area contributed by atoms with Crippen molar-refractivity contribution in [1.29, 1.82) is 0 Å². The van der Waals surface area contributed by atoms with Crippen molar-refractivity contribution in [2.24, 2.45) is 5.92 Å². The number of fused-ring (bicyclic) bond motifs is 3. The molecular formula is C49H60Zr. The Kier molecular flexibility index (Phi) is 12.2. The number of rotatable bonds is 2. The van der Waals surface area contributed by atoms with E-state index < -0.39 is 0 Å². The zero-order valence-corrected chi connectivity index (χ0v) is 35.9. The topological polar surface area (TPSA) is 0 Å². The van der Waals surface area contributed by atoms with Crippen molar-refractivity contribution in [2.45, 2.75) is 119 Å². The molecule has 0 nitrogen and oxygen atoms in total. The van der Waals surface area contributed by atoms with Gasteiger partial charge in [0.05, 0.1) is 0 Å². The molecule has 5 aromatic rings. The van der Waals surface area contributed by atoms with Crippen LogP contribution in [0.4, 0.5) is 0 Å². The van der Waals surface area contributed by atoms with Crippen LogP contribution in [0.3, 0.4) is 0 Å². The molecular weight excluding hydrogens is 680 g/mol. The number of benzene rings is 4. The van der Waals surface area contributed by atoms with Crippen molar-refractivity contribution in [2.75, 3.05) is 0 Å². The molecule has 0 saturated carbocycles. The molecule has 5 aromatic carbocycles. The minimum absolute atomic E-state index is 0.203. The fourth-order valence-electron chi connectivity index (χ4n) is 6.15. The van der Waals surface area contributed by atoms with E-state index in [9.17, 15) is 0 Å². The first-order valence-electron chi connectivity index (χ1n) is 18.3. The van der Waals surface area contributed by atoms with Gasteiger partial charge in [-0.05, 0) is 10.8 Å². The van der Waals surface area contributed by atoms with Crippen molar-refractivity contribution in [3.05, 3.63) is 148 Å². The Hall–Kier alpha value is -3.02. The van der Waals surface area contributed by atoms with E-state index >= 15 is 0 Å². The van der Waals surface area contributed by atoms with Gasteiger partial charge in [-0.2, -0.15) is 6.08 Å². The van der Waals surface area contributed by atoms with Crippen molar-refractivity contribution in [3.63, 3.8) is 0 Å². The molecule has 0 spiro atoms. The molecule has 0 amide bonds. The van der Waals surface area contributed by atoms with Gasteiger partial charge in [-0.3, -0.25) is 6.08 Å². The van der Waals surface area contributed by atoms with E-state index in [0.717, 1.165) is 0 Å². The van der Waals surface area contributed by atoms with E-state index in [1.54, 1.807) is 0 Å². The molecule has 1 unspecified atom stereocenters. The molecule has 0 N–H and O–H groups in total. The van der Waals surface area contributed by atoms with Gasteiger partial charge in [-0.1, -0.05) is 89.8 Å². The molecule has 0 heterocycles. The summed E-state index contributed by atoms with van der Waals surface area (Å²) in [6, 6.07) is 34.3. The maximum atomic E-state index is 3.15. The van der Waals surface area contributed by atoms with Gasteiger partial charge < -0.3 is 0 Å². The van der Waals surface area contributed by atoms with Gasteiger partial charge >= 0.3 is 151 Å². The molecule has 0 fully saturated rings. The number of allylic oxidation sites excluding steroid dienone is 4. The molecule has 0 aromatic heterocycles. The van der Waals surface area contributed by atoms with Crippen LogP contribution < -0.4 is 0 Å². The standard InChI is InChI=1S/C21H25.C21H26.C7H9.Zr/c1-20(2,3)16-7-9-18-14(12-16)11-15-13-17(21(4,5)6)8-10-19(15)18;1-20(2,3)18-11-7-16(8-12-18)15-17-9-13-19(14-10-17)21(4,5)6;1-6-3-4-7(2)5-6;/h7-13H,1-6H3;7-14H,1-6H3;3,5,7H,1-2H3;/q-1;;-1;+2. The van der Waals surface area contributed by atoms with Gasteiger partial charge in [0, 0.05) is 0 Å². The van der Waals surface area contributed by atoms with Gasteiger partial charge in [0.2, 0.25) is 0 Å². The van der Waals surface area contributed by atoms with E-state index in [1.165, 1.54) is 87.9 Å². The molecule has 0 saturated heterocycles. The molecule has 0 aliphatic heterocycles. The largest absolute Gasteiger partial charge is 0.270 e. The summed E-state index contributed by atoms with van der Waals surface area (Å²) in [6.45, 7) is 31.4. The minimum Gasteiger partial charge on any atom is -0.270 e. The Balaban J connectivity index is 0.000000188. The van der Waals surface area contributed by atoms with Crippen LogP contribution in [0, 0.1) is 12.0 Å². The first kappa shape index (κ1) is 39.8. The van der Waals surface area contributed by atoms with Gasteiger partial charge in [0.15, 0.2) is 0 Å². The van der Waals surface area contributed by atoms with E-state index in [1.807, 2.05) is 6.08 Å². The maximum absolute atomic E-state index is 3.15. The van der Waals surface area contributed by atoms with Crippen LogP contribution in [0.5, 0.6) is 0 Å². The summed E-state index contributed by atoms with van der Waals surface area (Å²) in [4.78, 5) is 0. The molecule has 6 rings (SSSR count). The summed E-state index contributed by atoms with van der Waals surface area (Å²) < 4.78 is 1.42. The molecule has 260 valence electrons. The quantitative estimate of drug-likeness (QED) is 0.158. The fourth-order valence-corrected chi connectivity index (χ4v) is 6.97. The van der Waals surface area contributed by atoms with Crippen molar-refractivity contribution in [3.8, 4) is 0 Å². The van der Waals surface area contributed by atoms with Gasteiger partial charge in [0.1, 0.15) is 0 Å². The molecule has 0 radical (unpaired) electrons. The Morgan fingerprint density at radius 3 is 1.14 bits per heavy atom. The van der Waals surface area contributed by atoms with Gasteiger partial charge in [-0.25, -0.2) is 11.6 Å². The van der Waals surface area contributed by atoms with Gasteiger partial charge in [0.25, 0.3) is 0 Å².